The maximum Gasteiger partial charge on any atom is 0.257 e. The predicted molar refractivity (Wildman–Crippen MR) is 126 cm³/mol. The van der Waals surface area contributed by atoms with Crippen LogP contribution in [0.1, 0.15) is 40.6 Å². The van der Waals surface area contributed by atoms with Gasteiger partial charge in [0.25, 0.3) is 5.91 Å². The fourth-order valence-electron chi connectivity index (χ4n) is 4.73. The minimum absolute atomic E-state index is 0.195. The third-order valence-corrected chi connectivity index (χ3v) is 7.58. The zero-order valence-corrected chi connectivity index (χ0v) is 18.9. The molecule has 1 fully saturated rings. The van der Waals surface area contributed by atoms with Gasteiger partial charge in [0.1, 0.15) is 10.8 Å². The maximum absolute atomic E-state index is 13.7. The van der Waals surface area contributed by atoms with Crippen molar-refractivity contribution >= 4 is 22.9 Å². The zero-order valence-electron chi connectivity index (χ0n) is 18.0. The van der Waals surface area contributed by atoms with Crippen LogP contribution in [0.3, 0.4) is 0 Å². The van der Waals surface area contributed by atoms with Gasteiger partial charge in [-0.25, -0.2) is 0 Å². The molecule has 0 spiro atoms. The summed E-state index contributed by atoms with van der Waals surface area (Å²) in [5, 5.41) is 1.09. The second kappa shape index (κ2) is 8.79. The SMILES string of the molecule is CCOc1ccccc1N1CCN(C(=O)c2c(-n3cccc3)sc3c2CCCC3)CC1. The Bertz CT molecular complexity index is 1050. The number of aromatic nitrogens is 1. The number of para-hydroxylation sites is 2. The first-order valence-corrected chi connectivity index (χ1v) is 12.1. The lowest BCUT2D eigenvalue weighted by atomic mass is 9.95. The van der Waals surface area contributed by atoms with E-state index in [1.165, 1.54) is 23.3 Å². The van der Waals surface area contributed by atoms with Crippen molar-refractivity contribution in [3.63, 3.8) is 0 Å². The topological polar surface area (TPSA) is 37.7 Å². The number of benzene rings is 1. The molecular weight excluding hydrogens is 406 g/mol. The highest BCUT2D eigenvalue weighted by molar-refractivity contribution is 7.15. The third kappa shape index (κ3) is 3.85. The summed E-state index contributed by atoms with van der Waals surface area (Å²) in [7, 11) is 0. The maximum atomic E-state index is 13.7. The Kier molecular flexibility index (Phi) is 5.72. The van der Waals surface area contributed by atoms with Gasteiger partial charge in [-0.2, -0.15) is 0 Å². The van der Waals surface area contributed by atoms with Gasteiger partial charge < -0.3 is 19.1 Å². The van der Waals surface area contributed by atoms with Gasteiger partial charge in [-0.1, -0.05) is 12.1 Å². The van der Waals surface area contributed by atoms with Crippen LogP contribution in [-0.4, -0.2) is 48.2 Å². The number of fused-ring (bicyclic) bond motifs is 1. The largest absolute Gasteiger partial charge is 0.492 e. The Hall–Kier alpha value is -2.73. The molecule has 1 aliphatic heterocycles. The van der Waals surface area contributed by atoms with Crippen LogP contribution in [0, 0.1) is 0 Å². The van der Waals surface area contributed by atoms with Crippen molar-refractivity contribution in [1.82, 2.24) is 9.47 Å². The second-order valence-corrected chi connectivity index (χ2v) is 9.24. The Balaban J connectivity index is 1.38. The first-order chi connectivity index (χ1) is 15.3. The van der Waals surface area contributed by atoms with E-state index in [1.807, 2.05) is 36.1 Å². The molecule has 1 aromatic carbocycles. The number of hydrogen-bond acceptors (Lipinski definition) is 4. The summed E-state index contributed by atoms with van der Waals surface area (Å²) in [6.07, 6.45) is 8.63. The standard InChI is InChI=1S/C25H29N3O2S/c1-2-30-21-11-5-4-10-20(21)26-15-17-27(18-16-26)24(29)23-19-9-3-6-12-22(19)31-25(23)28-13-7-8-14-28/h4-5,7-8,10-11,13-14H,2-3,6,9,12,15-18H2,1H3. The third-order valence-electron chi connectivity index (χ3n) is 6.28. The molecule has 5 rings (SSSR count). The molecule has 2 aliphatic rings. The van der Waals surface area contributed by atoms with Crippen molar-refractivity contribution in [2.45, 2.75) is 32.6 Å². The van der Waals surface area contributed by atoms with Crippen molar-refractivity contribution < 1.29 is 9.53 Å². The highest BCUT2D eigenvalue weighted by Gasteiger charge is 2.31. The van der Waals surface area contributed by atoms with Crippen LogP contribution in [0.5, 0.6) is 5.75 Å². The van der Waals surface area contributed by atoms with Gasteiger partial charge in [-0.15, -0.1) is 11.3 Å². The number of nitrogens with zero attached hydrogens (tertiary/aromatic N) is 3. The highest BCUT2D eigenvalue weighted by atomic mass is 32.1. The number of carbonyl (C=O) groups excluding carboxylic acids is 1. The smallest absolute Gasteiger partial charge is 0.257 e. The van der Waals surface area contributed by atoms with Crippen LogP contribution in [0.2, 0.25) is 0 Å². The molecule has 0 bridgehead atoms. The number of carbonyl (C=O) groups is 1. The van der Waals surface area contributed by atoms with E-state index in [9.17, 15) is 4.79 Å². The van der Waals surface area contributed by atoms with Crippen molar-refractivity contribution in [2.75, 3.05) is 37.7 Å². The molecule has 3 heterocycles. The minimum Gasteiger partial charge on any atom is -0.492 e. The molecule has 1 amide bonds. The lowest BCUT2D eigenvalue weighted by Crippen LogP contribution is -2.49. The second-order valence-electron chi connectivity index (χ2n) is 8.16. The fourth-order valence-corrected chi connectivity index (χ4v) is 6.08. The first-order valence-electron chi connectivity index (χ1n) is 11.3. The van der Waals surface area contributed by atoms with Crippen molar-refractivity contribution in [3.8, 4) is 10.8 Å². The number of ether oxygens (including phenoxy) is 1. The normalized spacial score (nSPS) is 16.3. The van der Waals surface area contributed by atoms with Gasteiger partial charge in [-0.3, -0.25) is 4.79 Å². The molecule has 162 valence electrons. The molecule has 0 N–H and O–H groups in total. The number of aryl methyl sites for hydroxylation is 1. The Labute approximate surface area is 187 Å². The zero-order chi connectivity index (χ0) is 21.2. The number of amides is 1. The van der Waals surface area contributed by atoms with Crippen LogP contribution in [0.25, 0.3) is 5.00 Å². The lowest BCUT2D eigenvalue weighted by molar-refractivity contribution is 0.0746. The van der Waals surface area contributed by atoms with Crippen LogP contribution in [0.15, 0.2) is 48.8 Å². The van der Waals surface area contributed by atoms with E-state index in [0.29, 0.717) is 6.61 Å². The molecule has 0 atom stereocenters. The summed E-state index contributed by atoms with van der Waals surface area (Å²) < 4.78 is 7.94. The van der Waals surface area contributed by atoms with Gasteiger partial charge in [0.05, 0.1) is 17.9 Å². The average Bonchev–Trinajstić information content (AvgIpc) is 3.47. The van der Waals surface area contributed by atoms with Gasteiger partial charge >= 0.3 is 0 Å². The number of piperazine rings is 1. The number of rotatable bonds is 5. The molecule has 0 saturated carbocycles. The minimum atomic E-state index is 0.195. The van der Waals surface area contributed by atoms with Crippen LogP contribution < -0.4 is 9.64 Å². The number of anilines is 1. The van der Waals surface area contributed by atoms with Crippen molar-refractivity contribution in [2.24, 2.45) is 0 Å². The van der Waals surface area contributed by atoms with Crippen molar-refractivity contribution in [3.05, 3.63) is 64.8 Å². The van der Waals surface area contributed by atoms with Gasteiger partial charge in [0.15, 0.2) is 0 Å². The monoisotopic (exact) mass is 435 g/mol. The lowest BCUT2D eigenvalue weighted by Gasteiger charge is -2.37. The Morgan fingerprint density at radius 1 is 1.00 bits per heavy atom. The summed E-state index contributed by atoms with van der Waals surface area (Å²) in [5.41, 5.74) is 3.37. The van der Waals surface area contributed by atoms with E-state index in [-0.39, 0.29) is 5.91 Å². The molecule has 31 heavy (non-hydrogen) atoms. The fraction of sp³-hybridized carbons (Fsp3) is 0.400. The average molecular weight is 436 g/mol. The summed E-state index contributed by atoms with van der Waals surface area (Å²) in [6.45, 7) is 5.77. The molecule has 0 unspecified atom stereocenters. The summed E-state index contributed by atoms with van der Waals surface area (Å²) in [5.74, 6) is 1.12. The number of hydrogen-bond donors (Lipinski definition) is 0. The van der Waals surface area contributed by atoms with E-state index in [1.54, 1.807) is 11.3 Å². The van der Waals surface area contributed by atoms with E-state index >= 15 is 0 Å². The molecule has 3 aromatic rings. The summed E-state index contributed by atoms with van der Waals surface area (Å²) >= 11 is 1.81. The Morgan fingerprint density at radius 2 is 1.74 bits per heavy atom. The first kappa shape index (κ1) is 20.2. The molecule has 0 radical (unpaired) electrons. The van der Waals surface area contributed by atoms with Gasteiger partial charge in [0, 0.05) is 43.4 Å². The molecule has 6 heteroatoms. The van der Waals surface area contributed by atoms with Crippen LogP contribution in [-0.2, 0) is 12.8 Å². The van der Waals surface area contributed by atoms with Crippen LogP contribution >= 0.6 is 11.3 Å². The molecular formula is C25H29N3O2S. The van der Waals surface area contributed by atoms with E-state index < -0.39 is 0 Å². The van der Waals surface area contributed by atoms with Crippen molar-refractivity contribution in [1.29, 1.82) is 0 Å². The van der Waals surface area contributed by atoms with E-state index in [4.69, 9.17) is 4.74 Å². The highest BCUT2D eigenvalue weighted by Crippen LogP contribution is 2.38. The molecule has 1 aliphatic carbocycles. The summed E-state index contributed by atoms with van der Waals surface area (Å²) in [6, 6.07) is 12.3. The molecule has 1 saturated heterocycles. The molecule has 5 nitrogen and oxygen atoms in total. The van der Waals surface area contributed by atoms with Crippen LogP contribution in [0.4, 0.5) is 5.69 Å². The predicted octanol–water partition coefficient (Wildman–Crippen LogP) is 4.78. The van der Waals surface area contributed by atoms with E-state index in [2.05, 4.69) is 34.0 Å². The number of thiophene rings is 1. The summed E-state index contributed by atoms with van der Waals surface area (Å²) in [4.78, 5) is 19.5. The van der Waals surface area contributed by atoms with Gasteiger partial charge in [0.2, 0.25) is 0 Å². The van der Waals surface area contributed by atoms with Gasteiger partial charge in [-0.05, 0) is 62.4 Å². The quantitative estimate of drug-likeness (QED) is 0.579. The molecule has 2 aromatic heterocycles. The Morgan fingerprint density at radius 3 is 2.52 bits per heavy atom. The van der Waals surface area contributed by atoms with E-state index in [0.717, 1.165) is 61.0 Å².